The highest BCUT2D eigenvalue weighted by molar-refractivity contribution is 6.31. The summed E-state index contributed by atoms with van der Waals surface area (Å²) in [5.41, 5.74) is 1.47. The first-order chi connectivity index (χ1) is 8.86. The van der Waals surface area contributed by atoms with Crippen molar-refractivity contribution in [3.63, 3.8) is 0 Å². The highest BCUT2D eigenvalue weighted by Gasteiger charge is 2.14. The molecule has 1 heterocycles. The number of benzene rings is 1. The molecule has 0 aliphatic rings. The second kappa shape index (κ2) is 5.17. The zero-order valence-electron chi connectivity index (χ0n) is 11.1. The van der Waals surface area contributed by atoms with Crippen molar-refractivity contribution in [3.05, 3.63) is 40.9 Å². The molecule has 6 heteroatoms. The normalized spacial score (nSPS) is 11.6. The second-order valence-corrected chi connectivity index (χ2v) is 5.71. The molecule has 0 amide bonds. The van der Waals surface area contributed by atoms with Crippen molar-refractivity contribution < 1.29 is 4.39 Å². The van der Waals surface area contributed by atoms with Crippen molar-refractivity contribution in [1.82, 2.24) is 15.0 Å². The molecule has 1 N–H and O–H groups in total. The Bertz CT molecular complexity index is 574. The molecule has 1 aromatic heterocycles. The van der Waals surface area contributed by atoms with Crippen molar-refractivity contribution >= 4 is 17.3 Å². The molecule has 0 atom stereocenters. The third-order valence-electron chi connectivity index (χ3n) is 2.62. The van der Waals surface area contributed by atoms with Crippen LogP contribution in [0.4, 0.5) is 10.1 Å². The van der Waals surface area contributed by atoms with Crippen LogP contribution in [0.15, 0.2) is 24.4 Å². The maximum Gasteiger partial charge on any atom is 0.141 e. The lowest BCUT2D eigenvalue weighted by Gasteiger charge is -2.17. The van der Waals surface area contributed by atoms with E-state index in [1.165, 1.54) is 6.07 Å². The molecule has 0 unspecified atom stereocenters. The summed E-state index contributed by atoms with van der Waals surface area (Å²) in [7, 11) is 0. The molecule has 0 fully saturated rings. The molecule has 0 aliphatic carbocycles. The highest BCUT2D eigenvalue weighted by Crippen LogP contribution is 2.20. The summed E-state index contributed by atoms with van der Waals surface area (Å²) >= 11 is 5.71. The van der Waals surface area contributed by atoms with E-state index in [0.717, 1.165) is 11.4 Å². The Morgan fingerprint density at radius 2 is 2.11 bits per heavy atom. The summed E-state index contributed by atoms with van der Waals surface area (Å²) in [4.78, 5) is 0. The minimum Gasteiger partial charge on any atom is -0.379 e. The molecular formula is C13H16ClFN4. The first-order valence-corrected chi connectivity index (χ1v) is 6.35. The summed E-state index contributed by atoms with van der Waals surface area (Å²) in [5, 5.41) is 11.4. The summed E-state index contributed by atoms with van der Waals surface area (Å²) in [6.45, 7) is 6.67. The number of anilines is 1. The summed E-state index contributed by atoms with van der Waals surface area (Å²) in [6, 6.07) is 4.51. The van der Waals surface area contributed by atoms with Gasteiger partial charge in [0.25, 0.3) is 0 Å². The van der Waals surface area contributed by atoms with Gasteiger partial charge < -0.3 is 5.32 Å². The molecule has 2 rings (SSSR count). The van der Waals surface area contributed by atoms with Crippen LogP contribution >= 0.6 is 11.6 Å². The van der Waals surface area contributed by atoms with Crippen LogP contribution in [0, 0.1) is 5.82 Å². The van der Waals surface area contributed by atoms with E-state index in [-0.39, 0.29) is 10.6 Å². The van der Waals surface area contributed by atoms with Crippen LogP contribution in [0.25, 0.3) is 0 Å². The van der Waals surface area contributed by atoms with Gasteiger partial charge in [-0.15, -0.1) is 5.10 Å². The standard InChI is InChI=1S/C13H16ClFN4/c1-13(2,3)19-8-10(17-18-19)7-16-9-4-5-12(15)11(14)6-9/h4-6,8,16H,7H2,1-3H3. The Kier molecular flexibility index (Phi) is 3.75. The van der Waals surface area contributed by atoms with Gasteiger partial charge in [0.05, 0.1) is 23.3 Å². The predicted octanol–water partition coefficient (Wildman–Crippen LogP) is 3.44. The Morgan fingerprint density at radius 1 is 1.37 bits per heavy atom. The van der Waals surface area contributed by atoms with Gasteiger partial charge in [0.15, 0.2) is 0 Å². The van der Waals surface area contributed by atoms with E-state index in [4.69, 9.17) is 11.6 Å². The molecule has 0 aliphatic heterocycles. The Hall–Kier alpha value is -1.62. The predicted molar refractivity (Wildman–Crippen MR) is 73.8 cm³/mol. The zero-order chi connectivity index (χ0) is 14.0. The first kappa shape index (κ1) is 13.8. The summed E-state index contributed by atoms with van der Waals surface area (Å²) in [5.74, 6) is -0.425. The van der Waals surface area contributed by atoms with Gasteiger partial charge >= 0.3 is 0 Å². The van der Waals surface area contributed by atoms with E-state index in [1.807, 2.05) is 10.9 Å². The topological polar surface area (TPSA) is 42.7 Å². The fourth-order valence-electron chi connectivity index (χ4n) is 1.51. The van der Waals surface area contributed by atoms with E-state index in [0.29, 0.717) is 6.54 Å². The molecular weight excluding hydrogens is 267 g/mol. The van der Waals surface area contributed by atoms with Gasteiger partial charge in [-0.3, -0.25) is 0 Å². The quantitative estimate of drug-likeness (QED) is 0.938. The number of nitrogens with zero attached hydrogens (tertiary/aromatic N) is 3. The minimum atomic E-state index is -0.425. The molecule has 1 aromatic carbocycles. The molecule has 0 spiro atoms. The molecule has 0 radical (unpaired) electrons. The number of hydrogen-bond acceptors (Lipinski definition) is 3. The lowest BCUT2D eigenvalue weighted by atomic mass is 10.1. The van der Waals surface area contributed by atoms with Gasteiger partial charge in [0, 0.05) is 5.69 Å². The molecule has 4 nitrogen and oxygen atoms in total. The summed E-state index contributed by atoms with van der Waals surface area (Å²) < 4.78 is 14.8. The van der Waals surface area contributed by atoms with Gasteiger partial charge in [0.1, 0.15) is 11.5 Å². The number of nitrogens with one attached hydrogen (secondary N) is 1. The van der Waals surface area contributed by atoms with Gasteiger partial charge in [-0.2, -0.15) is 0 Å². The SMILES string of the molecule is CC(C)(C)n1cc(CNc2ccc(F)c(Cl)c2)nn1. The van der Waals surface area contributed by atoms with Crippen molar-refractivity contribution in [3.8, 4) is 0 Å². The van der Waals surface area contributed by atoms with Crippen molar-refractivity contribution in [1.29, 1.82) is 0 Å². The largest absolute Gasteiger partial charge is 0.379 e. The molecule has 0 saturated heterocycles. The van der Waals surface area contributed by atoms with E-state index in [1.54, 1.807) is 12.1 Å². The van der Waals surface area contributed by atoms with Crippen LogP contribution in [-0.2, 0) is 12.1 Å². The minimum absolute atomic E-state index is 0.0928. The average Bonchev–Trinajstić information content (AvgIpc) is 2.79. The third-order valence-corrected chi connectivity index (χ3v) is 2.91. The molecule has 102 valence electrons. The maximum atomic E-state index is 13.0. The van der Waals surface area contributed by atoms with Gasteiger partial charge in [-0.1, -0.05) is 16.8 Å². The van der Waals surface area contributed by atoms with Gasteiger partial charge in [-0.05, 0) is 39.0 Å². The Morgan fingerprint density at radius 3 is 2.68 bits per heavy atom. The van der Waals surface area contributed by atoms with Crippen LogP contribution in [0.5, 0.6) is 0 Å². The van der Waals surface area contributed by atoms with Gasteiger partial charge in [0.2, 0.25) is 0 Å². The van der Waals surface area contributed by atoms with Crippen LogP contribution < -0.4 is 5.32 Å². The maximum absolute atomic E-state index is 13.0. The van der Waals surface area contributed by atoms with Crippen molar-refractivity contribution in [2.24, 2.45) is 0 Å². The van der Waals surface area contributed by atoms with Crippen LogP contribution in [-0.4, -0.2) is 15.0 Å². The van der Waals surface area contributed by atoms with Gasteiger partial charge in [-0.25, -0.2) is 9.07 Å². The lowest BCUT2D eigenvalue weighted by molar-refractivity contribution is 0.347. The number of rotatable bonds is 3. The second-order valence-electron chi connectivity index (χ2n) is 5.31. The number of hydrogen-bond donors (Lipinski definition) is 1. The zero-order valence-corrected chi connectivity index (χ0v) is 11.9. The van der Waals surface area contributed by atoms with Crippen LogP contribution in [0.2, 0.25) is 5.02 Å². The van der Waals surface area contributed by atoms with Crippen LogP contribution in [0.1, 0.15) is 26.5 Å². The fraction of sp³-hybridized carbons (Fsp3) is 0.385. The van der Waals surface area contributed by atoms with E-state index < -0.39 is 5.82 Å². The lowest BCUT2D eigenvalue weighted by Crippen LogP contribution is -2.22. The molecule has 2 aromatic rings. The van der Waals surface area contributed by atoms with Crippen molar-refractivity contribution in [2.75, 3.05) is 5.32 Å². The third kappa shape index (κ3) is 3.44. The Labute approximate surface area is 116 Å². The Balaban J connectivity index is 2.02. The first-order valence-electron chi connectivity index (χ1n) is 5.97. The fourth-order valence-corrected chi connectivity index (χ4v) is 1.69. The van der Waals surface area contributed by atoms with Crippen molar-refractivity contribution in [2.45, 2.75) is 32.9 Å². The average molecular weight is 283 g/mol. The number of halogens is 2. The van der Waals surface area contributed by atoms with E-state index in [2.05, 4.69) is 36.4 Å². The summed E-state index contributed by atoms with van der Waals surface area (Å²) in [6.07, 6.45) is 1.89. The van der Waals surface area contributed by atoms with E-state index >= 15 is 0 Å². The number of aromatic nitrogens is 3. The molecule has 0 saturated carbocycles. The highest BCUT2D eigenvalue weighted by atomic mass is 35.5. The molecule has 19 heavy (non-hydrogen) atoms. The monoisotopic (exact) mass is 282 g/mol. The molecule has 0 bridgehead atoms. The van der Waals surface area contributed by atoms with Crippen LogP contribution in [0.3, 0.4) is 0 Å². The van der Waals surface area contributed by atoms with E-state index in [9.17, 15) is 4.39 Å². The smallest absolute Gasteiger partial charge is 0.141 e.